The zero-order valence-electron chi connectivity index (χ0n) is 14.5. The van der Waals surface area contributed by atoms with Crippen molar-refractivity contribution in [3.05, 3.63) is 30.3 Å². The van der Waals surface area contributed by atoms with E-state index in [0.29, 0.717) is 12.3 Å². The number of piperidine rings is 1. The van der Waals surface area contributed by atoms with Crippen molar-refractivity contribution in [3.8, 4) is 5.75 Å². The molecule has 132 valence electrons. The maximum Gasteiger partial charge on any atom is 0.225 e. The molecule has 0 radical (unpaired) electrons. The highest BCUT2D eigenvalue weighted by atomic mass is 16.5. The van der Waals surface area contributed by atoms with Crippen LogP contribution in [-0.2, 0) is 4.79 Å². The molecule has 1 N–H and O–H groups in total. The van der Waals surface area contributed by atoms with Crippen molar-refractivity contribution >= 4 is 5.91 Å². The number of nitrogens with zero attached hydrogens (tertiary/aromatic N) is 1. The quantitative estimate of drug-likeness (QED) is 0.900. The second kappa shape index (κ2) is 8.02. The third-order valence-electron chi connectivity index (χ3n) is 5.46. The summed E-state index contributed by atoms with van der Waals surface area (Å²) < 4.78 is 5.84. The lowest BCUT2D eigenvalue weighted by Gasteiger charge is -2.36. The van der Waals surface area contributed by atoms with Crippen molar-refractivity contribution < 1.29 is 14.6 Å². The molecule has 4 nitrogen and oxygen atoms in total. The SMILES string of the molecule is O=C(CC1(O)CCCCC1)N1CCC(COc2ccccc2)CC1. The highest BCUT2D eigenvalue weighted by Gasteiger charge is 2.34. The summed E-state index contributed by atoms with van der Waals surface area (Å²) in [6, 6.07) is 9.89. The molecular formula is C20H29NO3. The van der Waals surface area contributed by atoms with Gasteiger partial charge < -0.3 is 14.7 Å². The first-order valence-electron chi connectivity index (χ1n) is 9.33. The molecule has 1 heterocycles. The van der Waals surface area contributed by atoms with Crippen LogP contribution in [0.15, 0.2) is 30.3 Å². The monoisotopic (exact) mass is 331 g/mol. The third-order valence-corrected chi connectivity index (χ3v) is 5.46. The van der Waals surface area contributed by atoms with Crippen LogP contribution in [0.3, 0.4) is 0 Å². The van der Waals surface area contributed by atoms with Gasteiger partial charge >= 0.3 is 0 Å². The van der Waals surface area contributed by atoms with Gasteiger partial charge in [-0.1, -0.05) is 37.5 Å². The first-order chi connectivity index (χ1) is 11.6. The van der Waals surface area contributed by atoms with Gasteiger partial charge in [0.25, 0.3) is 0 Å². The van der Waals surface area contributed by atoms with Gasteiger partial charge in [0.2, 0.25) is 5.91 Å². The van der Waals surface area contributed by atoms with Crippen LogP contribution >= 0.6 is 0 Å². The molecular weight excluding hydrogens is 302 g/mol. The lowest BCUT2D eigenvalue weighted by Crippen LogP contribution is -2.44. The number of benzene rings is 1. The van der Waals surface area contributed by atoms with Crippen molar-refractivity contribution in [2.75, 3.05) is 19.7 Å². The number of carbonyl (C=O) groups is 1. The number of hydrogen-bond acceptors (Lipinski definition) is 3. The van der Waals surface area contributed by atoms with Gasteiger partial charge in [0, 0.05) is 13.1 Å². The number of amides is 1. The number of rotatable bonds is 5. The maximum absolute atomic E-state index is 12.5. The second-order valence-corrected chi connectivity index (χ2v) is 7.41. The second-order valence-electron chi connectivity index (χ2n) is 7.41. The first kappa shape index (κ1) is 17.3. The fourth-order valence-corrected chi connectivity index (χ4v) is 3.86. The minimum Gasteiger partial charge on any atom is -0.493 e. The Hall–Kier alpha value is -1.55. The fraction of sp³-hybridized carbons (Fsp3) is 0.650. The van der Waals surface area contributed by atoms with E-state index in [1.807, 2.05) is 35.2 Å². The summed E-state index contributed by atoms with van der Waals surface area (Å²) in [6.45, 7) is 2.30. The van der Waals surface area contributed by atoms with E-state index in [0.717, 1.165) is 64.0 Å². The molecule has 2 fully saturated rings. The molecule has 1 aliphatic carbocycles. The molecule has 0 atom stereocenters. The Labute approximate surface area is 144 Å². The van der Waals surface area contributed by atoms with E-state index in [-0.39, 0.29) is 5.91 Å². The Morgan fingerprint density at radius 3 is 2.46 bits per heavy atom. The third kappa shape index (κ3) is 4.73. The highest BCUT2D eigenvalue weighted by Crippen LogP contribution is 2.32. The number of ether oxygens (including phenoxy) is 1. The normalized spacial score (nSPS) is 21.5. The van der Waals surface area contributed by atoms with Crippen LogP contribution < -0.4 is 4.74 Å². The molecule has 2 aliphatic rings. The van der Waals surface area contributed by atoms with Gasteiger partial charge in [-0.2, -0.15) is 0 Å². The van der Waals surface area contributed by atoms with Gasteiger partial charge in [0.05, 0.1) is 18.6 Å². The van der Waals surface area contributed by atoms with E-state index in [9.17, 15) is 9.90 Å². The number of carbonyl (C=O) groups excluding carboxylic acids is 1. The molecule has 1 amide bonds. The van der Waals surface area contributed by atoms with E-state index >= 15 is 0 Å². The van der Waals surface area contributed by atoms with Gasteiger partial charge in [-0.3, -0.25) is 4.79 Å². The largest absolute Gasteiger partial charge is 0.493 e. The molecule has 1 saturated heterocycles. The van der Waals surface area contributed by atoms with Crippen LogP contribution in [0.25, 0.3) is 0 Å². The summed E-state index contributed by atoms with van der Waals surface area (Å²) in [5.41, 5.74) is -0.747. The van der Waals surface area contributed by atoms with Gasteiger partial charge in [-0.05, 0) is 43.7 Å². The lowest BCUT2D eigenvalue weighted by atomic mass is 9.82. The Morgan fingerprint density at radius 2 is 1.79 bits per heavy atom. The van der Waals surface area contributed by atoms with E-state index in [4.69, 9.17) is 4.74 Å². The number of para-hydroxylation sites is 1. The Bertz CT molecular complexity index is 517. The lowest BCUT2D eigenvalue weighted by molar-refractivity contribution is -0.139. The molecule has 1 aliphatic heterocycles. The number of likely N-dealkylation sites (tertiary alicyclic amines) is 1. The first-order valence-corrected chi connectivity index (χ1v) is 9.33. The number of hydrogen-bond donors (Lipinski definition) is 1. The van der Waals surface area contributed by atoms with Crippen LogP contribution in [0, 0.1) is 5.92 Å². The molecule has 1 aromatic carbocycles. The molecule has 0 aromatic heterocycles. The van der Waals surface area contributed by atoms with Crippen LogP contribution in [-0.4, -0.2) is 41.2 Å². The minimum absolute atomic E-state index is 0.127. The Balaban J connectivity index is 1.40. The Kier molecular flexibility index (Phi) is 5.77. The van der Waals surface area contributed by atoms with E-state index in [1.54, 1.807) is 0 Å². The van der Waals surface area contributed by atoms with Crippen LogP contribution in [0.5, 0.6) is 5.75 Å². The van der Waals surface area contributed by atoms with Gasteiger partial charge in [-0.15, -0.1) is 0 Å². The standard InChI is InChI=1S/C20H29NO3/c22-19(15-20(23)11-5-2-6-12-20)21-13-9-17(10-14-21)16-24-18-7-3-1-4-8-18/h1,3-4,7-8,17,23H,2,5-6,9-16H2. The zero-order valence-corrected chi connectivity index (χ0v) is 14.5. The predicted octanol–water partition coefficient (Wildman–Crippen LogP) is 3.39. The molecule has 0 unspecified atom stereocenters. The fourth-order valence-electron chi connectivity index (χ4n) is 3.86. The summed E-state index contributed by atoms with van der Waals surface area (Å²) in [5, 5.41) is 10.6. The molecule has 4 heteroatoms. The van der Waals surface area contributed by atoms with Crippen molar-refractivity contribution in [1.29, 1.82) is 0 Å². The van der Waals surface area contributed by atoms with Crippen molar-refractivity contribution in [1.82, 2.24) is 4.90 Å². The van der Waals surface area contributed by atoms with Crippen molar-refractivity contribution in [2.24, 2.45) is 5.92 Å². The summed E-state index contributed by atoms with van der Waals surface area (Å²) in [7, 11) is 0. The molecule has 1 saturated carbocycles. The Morgan fingerprint density at radius 1 is 1.12 bits per heavy atom. The molecule has 0 spiro atoms. The smallest absolute Gasteiger partial charge is 0.225 e. The van der Waals surface area contributed by atoms with Gasteiger partial charge in [0.1, 0.15) is 5.75 Å². The van der Waals surface area contributed by atoms with Crippen molar-refractivity contribution in [3.63, 3.8) is 0 Å². The average molecular weight is 331 g/mol. The van der Waals surface area contributed by atoms with Gasteiger partial charge in [0.15, 0.2) is 0 Å². The maximum atomic E-state index is 12.5. The van der Waals surface area contributed by atoms with Crippen LogP contribution in [0.1, 0.15) is 51.4 Å². The van der Waals surface area contributed by atoms with E-state index in [2.05, 4.69) is 0 Å². The zero-order chi connectivity index (χ0) is 16.8. The number of aliphatic hydroxyl groups is 1. The minimum atomic E-state index is -0.747. The average Bonchev–Trinajstić information content (AvgIpc) is 2.61. The van der Waals surface area contributed by atoms with Crippen molar-refractivity contribution in [2.45, 2.75) is 57.0 Å². The predicted molar refractivity (Wildman–Crippen MR) is 93.9 cm³/mol. The van der Waals surface area contributed by atoms with Crippen LogP contribution in [0.2, 0.25) is 0 Å². The molecule has 0 bridgehead atoms. The summed E-state index contributed by atoms with van der Waals surface area (Å²) >= 11 is 0. The van der Waals surface area contributed by atoms with E-state index < -0.39 is 5.60 Å². The van der Waals surface area contributed by atoms with E-state index in [1.165, 1.54) is 6.42 Å². The highest BCUT2D eigenvalue weighted by molar-refractivity contribution is 5.77. The van der Waals surface area contributed by atoms with Crippen LogP contribution in [0.4, 0.5) is 0 Å². The molecule has 24 heavy (non-hydrogen) atoms. The molecule has 3 rings (SSSR count). The topological polar surface area (TPSA) is 49.8 Å². The summed E-state index contributed by atoms with van der Waals surface area (Å²) in [4.78, 5) is 14.4. The summed E-state index contributed by atoms with van der Waals surface area (Å²) in [5.74, 6) is 1.55. The van der Waals surface area contributed by atoms with Gasteiger partial charge in [-0.25, -0.2) is 0 Å². The summed E-state index contributed by atoms with van der Waals surface area (Å²) in [6.07, 6.45) is 7.10. The molecule has 1 aromatic rings.